The number of aromatic nitrogens is 1. The van der Waals surface area contributed by atoms with Gasteiger partial charge in [0, 0.05) is 31.1 Å². The molecule has 2 N–H and O–H groups in total. The maximum Gasteiger partial charge on any atom is 0.226 e. The molecule has 0 amide bonds. The predicted octanol–water partition coefficient (Wildman–Crippen LogP) is 4.09. The van der Waals surface area contributed by atoms with Crippen molar-refractivity contribution in [3.8, 4) is 11.5 Å². The van der Waals surface area contributed by atoms with Gasteiger partial charge in [0.25, 0.3) is 0 Å². The molecule has 0 aliphatic rings. The highest BCUT2D eigenvalue weighted by molar-refractivity contribution is 5.80. The van der Waals surface area contributed by atoms with Crippen LogP contribution in [0.3, 0.4) is 0 Å². The Balaban J connectivity index is 1.82. The first-order valence-corrected chi connectivity index (χ1v) is 11.0. The van der Waals surface area contributed by atoms with Crippen LogP contribution in [0.25, 0.3) is 11.5 Å². The maximum atomic E-state index is 13.1. The molecule has 0 spiro atoms. The molecule has 0 fully saturated rings. The van der Waals surface area contributed by atoms with Gasteiger partial charge in [0.2, 0.25) is 5.89 Å². The van der Waals surface area contributed by atoms with Crippen LogP contribution in [0.4, 0.5) is 4.39 Å². The van der Waals surface area contributed by atoms with Crippen molar-refractivity contribution in [2.75, 3.05) is 32.7 Å². The van der Waals surface area contributed by atoms with E-state index in [0.717, 1.165) is 49.8 Å². The molecule has 0 aliphatic heterocycles. The number of nitrogens with zero attached hydrogens (tertiary/aromatic N) is 3. The Kier molecular flexibility index (Phi) is 10.3. The second kappa shape index (κ2) is 13.0. The van der Waals surface area contributed by atoms with Gasteiger partial charge in [-0.1, -0.05) is 13.8 Å². The molecule has 2 rings (SSSR count). The van der Waals surface area contributed by atoms with E-state index in [9.17, 15) is 4.39 Å². The lowest BCUT2D eigenvalue weighted by atomic mass is 10.2. The molecule has 1 atom stereocenters. The van der Waals surface area contributed by atoms with Crippen LogP contribution in [0, 0.1) is 5.82 Å². The van der Waals surface area contributed by atoms with Gasteiger partial charge in [-0.15, -0.1) is 0 Å². The summed E-state index contributed by atoms with van der Waals surface area (Å²) in [5.74, 6) is 1.06. The van der Waals surface area contributed by atoms with E-state index in [1.807, 2.05) is 0 Å². The fraction of sp³-hybridized carbons (Fsp3) is 0.565. The molecule has 1 aromatic carbocycles. The van der Waals surface area contributed by atoms with Crippen molar-refractivity contribution in [1.82, 2.24) is 20.5 Å². The molecule has 0 saturated heterocycles. The summed E-state index contributed by atoms with van der Waals surface area (Å²) in [7, 11) is 0. The molecular formula is C23H36FN5O. The van der Waals surface area contributed by atoms with E-state index in [1.54, 1.807) is 18.4 Å². The van der Waals surface area contributed by atoms with Crippen molar-refractivity contribution >= 4 is 5.96 Å². The minimum absolute atomic E-state index is 0.273. The van der Waals surface area contributed by atoms with Crippen LogP contribution < -0.4 is 10.6 Å². The van der Waals surface area contributed by atoms with Gasteiger partial charge in [0.05, 0.1) is 5.69 Å². The van der Waals surface area contributed by atoms with E-state index in [1.165, 1.54) is 18.6 Å². The molecular weight excluding hydrogens is 381 g/mol. The van der Waals surface area contributed by atoms with Gasteiger partial charge >= 0.3 is 0 Å². The van der Waals surface area contributed by atoms with Gasteiger partial charge in [-0.3, -0.25) is 4.99 Å². The molecule has 0 bridgehead atoms. The van der Waals surface area contributed by atoms with Crippen LogP contribution >= 0.6 is 0 Å². The number of hydrogen-bond donors (Lipinski definition) is 2. The first kappa shape index (κ1) is 23.9. The summed E-state index contributed by atoms with van der Waals surface area (Å²) >= 11 is 0. The smallest absolute Gasteiger partial charge is 0.226 e. The zero-order valence-corrected chi connectivity index (χ0v) is 18.7. The molecule has 0 radical (unpaired) electrons. The summed E-state index contributed by atoms with van der Waals surface area (Å²) in [5.41, 5.74) is 1.60. The molecule has 7 heteroatoms. The van der Waals surface area contributed by atoms with Crippen molar-refractivity contribution in [2.45, 2.75) is 53.0 Å². The number of nitrogens with one attached hydrogen (secondary N) is 2. The lowest BCUT2D eigenvalue weighted by molar-refractivity contribution is 0.292. The van der Waals surface area contributed by atoms with E-state index >= 15 is 0 Å². The van der Waals surface area contributed by atoms with E-state index in [4.69, 9.17) is 4.42 Å². The van der Waals surface area contributed by atoms with Crippen molar-refractivity contribution in [3.63, 3.8) is 0 Å². The highest BCUT2D eigenvalue weighted by Crippen LogP contribution is 2.19. The molecule has 1 aromatic heterocycles. The third-order valence-corrected chi connectivity index (χ3v) is 5.01. The zero-order valence-electron chi connectivity index (χ0n) is 18.7. The molecule has 0 aliphatic carbocycles. The van der Waals surface area contributed by atoms with Crippen molar-refractivity contribution < 1.29 is 8.81 Å². The average molecular weight is 418 g/mol. The van der Waals surface area contributed by atoms with Gasteiger partial charge in [-0.25, -0.2) is 9.37 Å². The van der Waals surface area contributed by atoms with E-state index in [2.05, 4.69) is 53.2 Å². The molecule has 30 heavy (non-hydrogen) atoms. The average Bonchev–Trinajstić information content (AvgIpc) is 3.21. The fourth-order valence-corrected chi connectivity index (χ4v) is 3.22. The highest BCUT2D eigenvalue weighted by Gasteiger charge is 2.09. The van der Waals surface area contributed by atoms with Crippen molar-refractivity contribution in [3.05, 3.63) is 42.0 Å². The summed E-state index contributed by atoms with van der Waals surface area (Å²) in [6.07, 6.45) is 4.59. The SMILES string of the molecule is CCNC(=NCCc1coc(-c2ccc(F)cc2)n1)NC(C)CCCN(CC)CC. The highest BCUT2D eigenvalue weighted by atomic mass is 19.1. The summed E-state index contributed by atoms with van der Waals surface area (Å²) in [4.78, 5) is 11.6. The lowest BCUT2D eigenvalue weighted by Gasteiger charge is -2.21. The van der Waals surface area contributed by atoms with Crippen LogP contribution in [0.1, 0.15) is 46.2 Å². The zero-order chi connectivity index (χ0) is 21.8. The Labute approximate surface area is 180 Å². The Morgan fingerprint density at radius 2 is 1.93 bits per heavy atom. The standard InChI is InChI=1S/C23H36FN5O/c1-5-25-23(27-18(4)9-8-16-29(6-2)7-3)26-15-14-21-17-30-22(28-21)19-10-12-20(24)13-11-19/h10-13,17-18H,5-9,14-16H2,1-4H3,(H2,25,26,27). The third kappa shape index (κ3) is 8.14. The minimum atomic E-state index is -0.273. The second-order valence-corrected chi connectivity index (χ2v) is 7.38. The van der Waals surface area contributed by atoms with Gasteiger partial charge in [0.15, 0.2) is 5.96 Å². The van der Waals surface area contributed by atoms with Gasteiger partial charge in [-0.2, -0.15) is 0 Å². The molecule has 6 nitrogen and oxygen atoms in total. The molecule has 2 aromatic rings. The fourth-order valence-electron chi connectivity index (χ4n) is 3.22. The van der Waals surface area contributed by atoms with Crippen LogP contribution in [-0.4, -0.2) is 54.6 Å². The Hall–Kier alpha value is -2.41. The Bertz CT molecular complexity index is 755. The van der Waals surface area contributed by atoms with Crippen LogP contribution in [0.15, 0.2) is 39.9 Å². The Morgan fingerprint density at radius 1 is 1.20 bits per heavy atom. The van der Waals surface area contributed by atoms with Crippen LogP contribution in [0.2, 0.25) is 0 Å². The van der Waals surface area contributed by atoms with Gasteiger partial charge in [0.1, 0.15) is 12.1 Å². The maximum absolute atomic E-state index is 13.1. The topological polar surface area (TPSA) is 65.7 Å². The summed E-state index contributed by atoms with van der Waals surface area (Å²) in [6, 6.07) is 6.49. The largest absolute Gasteiger partial charge is 0.444 e. The number of aliphatic imine (C=N–C) groups is 1. The normalized spacial score (nSPS) is 12.9. The number of oxazole rings is 1. The van der Waals surface area contributed by atoms with E-state index < -0.39 is 0 Å². The summed E-state index contributed by atoms with van der Waals surface area (Å²) < 4.78 is 18.6. The Morgan fingerprint density at radius 3 is 2.60 bits per heavy atom. The molecule has 166 valence electrons. The third-order valence-electron chi connectivity index (χ3n) is 5.01. The van der Waals surface area contributed by atoms with Crippen molar-refractivity contribution in [2.24, 2.45) is 4.99 Å². The molecule has 0 saturated carbocycles. The summed E-state index contributed by atoms with van der Waals surface area (Å²) in [6.45, 7) is 13.4. The quantitative estimate of drug-likeness (QED) is 0.402. The van der Waals surface area contributed by atoms with Crippen LogP contribution in [-0.2, 0) is 6.42 Å². The number of halogens is 1. The van der Waals surface area contributed by atoms with Crippen LogP contribution in [0.5, 0.6) is 0 Å². The number of benzene rings is 1. The first-order chi connectivity index (χ1) is 14.5. The second-order valence-electron chi connectivity index (χ2n) is 7.38. The number of guanidine groups is 1. The van der Waals surface area contributed by atoms with E-state index in [0.29, 0.717) is 24.9 Å². The number of hydrogen-bond acceptors (Lipinski definition) is 4. The van der Waals surface area contributed by atoms with Gasteiger partial charge < -0.3 is 20.0 Å². The minimum Gasteiger partial charge on any atom is -0.444 e. The monoisotopic (exact) mass is 417 g/mol. The van der Waals surface area contributed by atoms with Gasteiger partial charge in [-0.05, 0) is 70.6 Å². The first-order valence-electron chi connectivity index (χ1n) is 11.0. The molecule has 1 heterocycles. The summed E-state index contributed by atoms with van der Waals surface area (Å²) in [5, 5.41) is 6.80. The molecule has 1 unspecified atom stereocenters. The number of rotatable bonds is 12. The van der Waals surface area contributed by atoms with Crippen molar-refractivity contribution in [1.29, 1.82) is 0 Å². The lowest BCUT2D eigenvalue weighted by Crippen LogP contribution is -2.42. The van der Waals surface area contributed by atoms with E-state index in [-0.39, 0.29) is 5.82 Å². The predicted molar refractivity (Wildman–Crippen MR) is 121 cm³/mol.